The molecule has 0 saturated heterocycles. The molecule has 2 rings (SSSR count). The summed E-state index contributed by atoms with van der Waals surface area (Å²) in [6.45, 7) is 3.39. The van der Waals surface area contributed by atoms with Gasteiger partial charge in [0.1, 0.15) is 0 Å². The third-order valence-corrected chi connectivity index (χ3v) is 4.58. The smallest absolute Gasteiger partial charge is 0.233 e. The Morgan fingerprint density at radius 3 is 2.79 bits per heavy atom. The second kappa shape index (κ2) is 9.22. The van der Waals surface area contributed by atoms with Crippen molar-refractivity contribution in [2.45, 2.75) is 30.0 Å². The van der Waals surface area contributed by atoms with Crippen molar-refractivity contribution in [2.24, 2.45) is 0 Å². The number of aryl methyl sites for hydroxylation is 1. The number of benzene rings is 1. The van der Waals surface area contributed by atoms with Crippen molar-refractivity contribution in [3.63, 3.8) is 0 Å². The summed E-state index contributed by atoms with van der Waals surface area (Å²) in [4.78, 5) is 17.1. The number of carbonyl (C=O) groups is 1. The minimum absolute atomic E-state index is 0.0282. The molecule has 0 saturated carbocycles. The molecule has 0 bridgehead atoms. The van der Waals surface area contributed by atoms with Crippen molar-refractivity contribution >= 4 is 17.7 Å². The predicted octanol–water partition coefficient (Wildman–Crippen LogP) is 2.59. The van der Waals surface area contributed by atoms with Gasteiger partial charge in [0.2, 0.25) is 5.91 Å². The van der Waals surface area contributed by atoms with Gasteiger partial charge in [0.25, 0.3) is 0 Å². The lowest BCUT2D eigenvalue weighted by Crippen LogP contribution is -2.32. The zero-order valence-electron chi connectivity index (χ0n) is 14.2. The second-order valence-corrected chi connectivity index (χ2v) is 6.64. The van der Waals surface area contributed by atoms with Crippen LogP contribution in [0.25, 0.3) is 0 Å². The van der Waals surface area contributed by atoms with Gasteiger partial charge in [-0.25, -0.2) is 4.98 Å². The standard InChI is InChI=1S/C17H23N3O3S/c1-13(17(21)19-7-4-9-20-10-8-18-12-20)24-14-5-6-15(22-2)16(11-14)23-3/h5-6,8,10-13H,4,7,9H2,1-3H3,(H,19,21)/t13-/m1/s1. The molecule has 1 heterocycles. The van der Waals surface area contributed by atoms with Crippen LogP contribution in [0.5, 0.6) is 11.5 Å². The van der Waals surface area contributed by atoms with Crippen molar-refractivity contribution in [2.75, 3.05) is 20.8 Å². The van der Waals surface area contributed by atoms with E-state index in [4.69, 9.17) is 9.47 Å². The van der Waals surface area contributed by atoms with Gasteiger partial charge in [-0.3, -0.25) is 4.79 Å². The van der Waals surface area contributed by atoms with Crippen LogP contribution in [-0.4, -0.2) is 41.5 Å². The number of carbonyl (C=O) groups excluding carboxylic acids is 1. The molecule has 0 aliphatic rings. The first-order valence-corrected chi connectivity index (χ1v) is 8.64. The minimum atomic E-state index is -0.184. The molecule has 1 atom stereocenters. The largest absolute Gasteiger partial charge is 0.493 e. The molecular formula is C17H23N3O3S. The summed E-state index contributed by atoms with van der Waals surface area (Å²) in [6.07, 6.45) is 6.31. The Hall–Kier alpha value is -2.15. The van der Waals surface area contributed by atoms with E-state index in [0.29, 0.717) is 18.0 Å². The summed E-state index contributed by atoms with van der Waals surface area (Å²) >= 11 is 1.49. The van der Waals surface area contributed by atoms with Crippen molar-refractivity contribution in [1.82, 2.24) is 14.9 Å². The number of nitrogens with one attached hydrogen (secondary N) is 1. The highest BCUT2D eigenvalue weighted by Crippen LogP contribution is 2.33. The number of rotatable bonds is 9. The van der Waals surface area contributed by atoms with E-state index in [1.165, 1.54) is 11.8 Å². The Bertz CT molecular complexity index is 647. The van der Waals surface area contributed by atoms with Crippen LogP contribution in [-0.2, 0) is 11.3 Å². The number of ether oxygens (including phenoxy) is 2. The average Bonchev–Trinajstić information content (AvgIpc) is 3.11. The van der Waals surface area contributed by atoms with E-state index < -0.39 is 0 Å². The van der Waals surface area contributed by atoms with Crippen LogP contribution in [0, 0.1) is 0 Å². The highest BCUT2D eigenvalue weighted by atomic mass is 32.2. The number of methoxy groups -OCH3 is 2. The second-order valence-electron chi connectivity index (χ2n) is 5.22. The third kappa shape index (κ3) is 5.19. The van der Waals surface area contributed by atoms with Gasteiger partial charge in [0, 0.05) is 30.4 Å². The summed E-state index contributed by atoms with van der Waals surface area (Å²) in [5.41, 5.74) is 0. The Balaban J connectivity index is 1.78. The minimum Gasteiger partial charge on any atom is -0.493 e. The van der Waals surface area contributed by atoms with E-state index in [1.54, 1.807) is 26.7 Å². The fourth-order valence-electron chi connectivity index (χ4n) is 2.18. The zero-order chi connectivity index (χ0) is 17.4. The Morgan fingerprint density at radius 1 is 1.33 bits per heavy atom. The van der Waals surface area contributed by atoms with Gasteiger partial charge in [-0.05, 0) is 31.5 Å². The molecule has 1 amide bonds. The molecule has 0 radical (unpaired) electrons. The van der Waals surface area contributed by atoms with Crippen molar-refractivity contribution in [3.8, 4) is 11.5 Å². The highest BCUT2D eigenvalue weighted by molar-refractivity contribution is 8.00. The Kier molecular flexibility index (Phi) is 6.99. The maximum atomic E-state index is 12.2. The molecule has 24 heavy (non-hydrogen) atoms. The first-order chi connectivity index (χ1) is 11.6. The van der Waals surface area contributed by atoms with Crippen LogP contribution < -0.4 is 14.8 Å². The molecular weight excluding hydrogens is 326 g/mol. The van der Waals surface area contributed by atoms with Gasteiger partial charge in [-0.2, -0.15) is 0 Å². The number of hydrogen-bond acceptors (Lipinski definition) is 5. The molecule has 130 valence electrons. The molecule has 1 N–H and O–H groups in total. The van der Waals surface area contributed by atoms with E-state index >= 15 is 0 Å². The molecule has 0 aliphatic heterocycles. The monoisotopic (exact) mass is 349 g/mol. The van der Waals surface area contributed by atoms with Crippen LogP contribution >= 0.6 is 11.8 Å². The molecule has 1 aromatic heterocycles. The van der Waals surface area contributed by atoms with Crippen LogP contribution in [0.3, 0.4) is 0 Å². The van der Waals surface area contributed by atoms with Gasteiger partial charge < -0.3 is 19.4 Å². The molecule has 0 spiro atoms. The van der Waals surface area contributed by atoms with E-state index in [9.17, 15) is 4.79 Å². The summed E-state index contributed by atoms with van der Waals surface area (Å²) in [5.74, 6) is 1.37. The number of nitrogens with zero attached hydrogens (tertiary/aromatic N) is 2. The van der Waals surface area contributed by atoms with E-state index in [-0.39, 0.29) is 11.2 Å². The summed E-state index contributed by atoms with van der Waals surface area (Å²) in [6, 6.07) is 5.65. The van der Waals surface area contributed by atoms with Crippen LogP contribution in [0.1, 0.15) is 13.3 Å². The van der Waals surface area contributed by atoms with Crippen LogP contribution in [0.4, 0.5) is 0 Å². The number of thioether (sulfide) groups is 1. The summed E-state index contributed by atoms with van der Waals surface area (Å²) in [7, 11) is 3.20. The fourth-order valence-corrected chi connectivity index (χ4v) is 3.10. The summed E-state index contributed by atoms with van der Waals surface area (Å²) in [5, 5.41) is 2.78. The number of aromatic nitrogens is 2. The molecule has 2 aromatic rings. The van der Waals surface area contributed by atoms with Gasteiger partial charge in [-0.15, -0.1) is 11.8 Å². The molecule has 6 nitrogen and oxygen atoms in total. The maximum absolute atomic E-state index is 12.2. The Morgan fingerprint density at radius 2 is 2.12 bits per heavy atom. The first kappa shape index (κ1) is 18.2. The maximum Gasteiger partial charge on any atom is 0.233 e. The SMILES string of the molecule is COc1ccc(S[C@H](C)C(=O)NCCCn2ccnc2)cc1OC. The van der Waals surface area contributed by atoms with Gasteiger partial charge in [0.05, 0.1) is 25.8 Å². The van der Waals surface area contributed by atoms with E-state index in [2.05, 4.69) is 10.3 Å². The van der Waals surface area contributed by atoms with E-state index in [0.717, 1.165) is 17.9 Å². The lowest BCUT2D eigenvalue weighted by Gasteiger charge is -2.14. The number of hydrogen-bond donors (Lipinski definition) is 1. The topological polar surface area (TPSA) is 65.4 Å². The Labute approximate surface area is 146 Å². The van der Waals surface area contributed by atoms with Crippen molar-refractivity contribution in [3.05, 3.63) is 36.9 Å². The quantitative estimate of drug-likeness (QED) is 0.557. The molecule has 0 fully saturated rings. The van der Waals surface area contributed by atoms with Crippen molar-refractivity contribution in [1.29, 1.82) is 0 Å². The number of amides is 1. The number of imidazole rings is 1. The molecule has 0 unspecified atom stereocenters. The lowest BCUT2D eigenvalue weighted by atomic mass is 10.3. The highest BCUT2D eigenvalue weighted by Gasteiger charge is 2.15. The van der Waals surface area contributed by atoms with Crippen molar-refractivity contribution < 1.29 is 14.3 Å². The van der Waals surface area contributed by atoms with Crippen LogP contribution in [0.15, 0.2) is 41.8 Å². The fraction of sp³-hybridized carbons (Fsp3) is 0.412. The van der Waals surface area contributed by atoms with Crippen LogP contribution in [0.2, 0.25) is 0 Å². The lowest BCUT2D eigenvalue weighted by molar-refractivity contribution is -0.120. The molecule has 1 aromatic carbocycles. The zero-order valence-corrected chi connectivity index (χ0v) is 15.0. The van der Waals surface area contributed by atoms with Gasteiger partial charge in [-0.1, -0.05) is 0 Å². The average molecular weight is 349 g/mol. The van der Waals surface area contributed by atoms with Gasteiger partial charge in [0.15, 0.2) is 11.5 Å². The third-order valence-electron chi connectivity index (χ3n) is 3.49. The summed E-state index contributed by atoms with van der Waals surface area (Å²) < 4.78 is 12.5. The predicted molar refractivity (Wildman–Crippen MR) is 94.7 cm³/mol. The molecule has 7 heteroatoms. The normalized spacial score (nSPS) is 11.8. The first-order valence-electron chi connectivity index (χ1n) is 7.76. The molecule has 0 aliphatic carbocycles. The van der Waals surface area contributed by atoms with Gasteiger partial charge >= 0.3 is 0 Å². The van der Waals surface area contributed by atoms with E-state index in [1.807, 2.05) is 35.9 Å².